The van der Waals surface area contributed by atoms with Crippen LogP contribution in [-0.2, 0) is 0 Å². The van der Waals surface area contributed by atoms with Gasteiger partial charge >= 0.3 is 0 Å². The van der Waals surface area contributed by atoms with Crippen molar-refractivity contribution in [2.75, 3.05) is 26.1 Å². The van der Waals surface area contributed by atoms with Crippen LogP contribution < -0.4 is 20.1 Å². The summed E-state index contributed by atoms with van der Waals surface area (Å²) in [6, 6.07) is 25.0. The van der Waals surface area contributed by atoms with Crippen LogP contribution in [0.5, 0.6) is 11.5 Å². The van der Waals surface area contributed by atoms with E-state index in [0.29, 0.717) is 17.8 Å². The minimum absolute atomic E-state index is 0.140. The number of ether oxygens (including phenoxy) is 2. The SMILES string of the molecule is COc1ccc(-c2[nH]ncc2C(=O)NCC(Nc2cccc(OC)c2)c2ccccc2)cc1. The molecule has 0 fully saturated rings. The molecule has 0 saturated heterocycles. The average molecular weight is 443 g/mol. The van der Waals surface area contributed by atoms with Crippen molar-refractivity contribution >= 4 is 11.6 Å². The van der Waals surface area contributed by atoms with Gasteiger partial charge in [0.15, 0.2) is 0 Å². The zero-order valence-electron chi connectivity index (χ0n) is 18.5. The molecule has 0 aliphatic heterocycles. The van der Waals surface area contributed by atoms with Gasteiger partial charge < -0.3 is 20.1 Å². The highest BCUT2D eigenvalue weighted by Gasteiger charge is 2.18. The molecule has 7 heteroatoms. The summed E-state index contributed by atoms with van der Waals surface area (Å²) >= 11 is 0. The molecule has 0 saturated carbocycles. The van der Waals surface area contributed by atoms with Gasteiger partial charge in [0.2, 0.25) is 0 Å². The van der Waals surface area contributed by atoms with Crippen molar-refractivity contribution < 1.29 is 14.3 Å². The first-order valence-corrected chi connectivity index (χ1v) is 10.6. The van der Waals surface area contributed by atoms with Crippen molar-refractivity contribution in [1.29, 1.82) is 0 Å². The molecule has 168 valence electrons. The van der Waals surface area contributed by atoms with Crippen LogP contribution in [0.3, 0.4) is 0 Å². The van der Waals surface area contributed by atoms with Gasteiger partial charge in [-0.2, -0.15) is 5.10 Å². The third kappa shape index (κ3) is 5.33. The number of aromatic amines is 1. The van der Waals surface area contributed by atoms with Gasteiger partial charge in [-0.1, -0.05) is 36.4 Å². The highest BCUT2D eigenvalue weighted by atomic mass is 16.5. The molecule has 0 aliphatic rings. The fourth-order valence-electron chi connectivity index (χ4n) is 3.58. The predicted octanol–water partition coefficient (Wildman–Crippen LogP) is 4.68. The van der Waals surface area contributed by atoms with Gasteiger partial charge in [-0.3, -0.25) is 9.89 Å². The molecular weight excluding hydrogens is 416 g/mol. The van der Waals surface area contributed by atoms with E-state index in [4.69, 9.17) is 9.47 Å². The summed E-state index contributed by atoms with van der Waals surface area (Å²) in [6.45, 7) is 0.382. The maximum atomic E-state index is 13.1. The van der Waals surface area contributed by atoms with Crippen molar-refractivity contribution in [3.8, 4) is 22.8 Å². The standard InChI is InChI=1S/C26H26N4O3/c1-32-21-13-11-19(12-14-21)25-23(16-28-30-25)26(31)27-17-24(18-7-4-3-5-8-18)29-20-9-6-10-22(15-20)33-2/h3-16,24,29H,17H2,1-2H3,(H,27,31)(H,28,30). The molecule has 4 rings (SSSR count). The van der Waals surface area contributed by atoms with Crippen LogP contribution in [0.1, 0.15) is 22.0 Å². The smallest absolute Gasteiger partial charge is 0.255 e. The fourth-order valence-corrected chi connectivity index (χ4v) is 3.58. The molecule has 4 aromatic rings. The molecule has 3 aromatic carbocycles. The van der Waals surface area contributed by atoms with E-state index < -0.39 is 0 Å². The molecule has 0 aliphatic carbocycles. The first kappa shape index (κ1) is 22.0. The summed E-state index contributed by atoms with van der Waals surface area (Å²) < 4.78 is 10.5. The van der Waals surface area contributed by atoms with Crippen LogP contribution in [0.2, 0.25) is 0 Å². The number of amides is 1. The minimum atomic E-state index is -0.206. The Labute approximate surface area is 192 Å². The summed E-state index contributed by atoms with van der Waals surface area (Å²) in [6.07, 6.45) is 1.54. The zero-order valence-corrected chi connectivity index (χ0v) is 18.5. The molecule has 33 heavy (non-hydrogen) atoms. The monoisotopic (exact) mass is 442 g/mol. The van der Waals surface area contributed by atoms with Crippen molar-refractivity contribution in [2.45, 2.75) is 6.04 Å². The number of hydrogen-bond donors (Lipinski definition) is 3. The molecule has 1 atom stereocenters. The number of H-pyrrole nitrogens is 1. The van der Waals surface area contributed by atoms with E-state index in [2.05, 4.69) is 20.8 Å². The second-order valence-corrected chi connectivity index (χ2v) is 7.44. The minimum Gasteiger partial charge on any atom is -0.497 e. The quantitative estimate of drug-likeness (QED) is 0.350. The summed E-state index contributed by atoms with van der Waals surface area (Å²) in [4.78, 5) is 13.1. The van der Waals surface area contributed by atoms with E-state index >= 15 is 0 Å². The van der Waals surface area contributed by atoms with E-state index in [1.54, 1.807) is 20.4 Å². The van der Waals surface area contributed by atoms with E-state index in [1.165, 1.54) is 0 Å². The number of nitrogens with one attached hydrogen (secondary N) is 3. The molecule has 1 heterocycles. The van der Waals surface area contributed by atoms with E-state index in [1.807, 2.05) is 78.9 Å². The largest absolute Gasteiger partial charge is 0.497 e. The molecule has 0 bridgehead atoms. The molecule has 0 spiro atoms. The summed E-state index contributed by atoms with van der Waals surface area (Å²) in [5, 5.41) is 13.6. The Morgan fingerprint density at radius 2 is 1.70 bits per heavy atom. The Balaban J connectivity index is 1.51. The number of carbonyl (C=O) groups is 1. The first-order valence-electron chi connectivity index (χ1n) is 10.6. The van der Waals surface area contributed by atoms with Gasteiger partial charge in [0, 0.05) is 23.9 Å². The Hall–Kier alpha value is -4.26. The summed E-state index contributed by atoms with van der Waals surface area (Å²) in [7, 11) is 3.26. The maximum Gasteiger partial charge on any atom is 0.255 e. The molecule has 0 radical (unpaired) electrons. The number of rotatable bonds is 9. The Kier molecular flexibility index (Phi) is 6.90. The van der Waals surface area contributed by atoms with E-state index in [0.717, 1.165) is 28.3 Å². The van der Waals surface area contributed by atoms with Crippen molar-refractivity contribution in [1.82, 2.24) is 15.5 Å². The van der Waals surface area contributed by atoms with Crippen LogP contribution in [-0.4, -0.2) is 36.9 Å². The molecule has 1 aromatic heterocycles. The van der Waals surface area contributed by atoms with Gasteiger partial charge in [-0.15, -0.1) is 0 Å². The lowest BCUT2D eigenvalue weighted by Crippen LogP contribution is -2.31. The maximum absolute atomic E-state index is 13.1. The van der Waals surface area contributed by atoms with Crippen LogP contribution in [0.4, 0.5) is 5.69 Å². The lowest BCUT2D eigenvalue weighted by Gasteiger charge is -2.21. The number of nitrogens with zero attached hydrogens (tertiary/aromatic N) is 1. The summed E-state index contributed by atoms with van der Waals surface area (Å²) in [5.74, 6) is 1.31. The van der Waals surface area contributed by atoms with Crippen molar-refractivity contribution in [3.63, 3.8) is 0 Å². The fraction of sp³-hybridized carbons (Fsp3) is 0.154. The lowest BCUT2D eigenvalue weighted by atomic mass is 10.1. The number of methoxy groups -OCH3 is 2. The third-order valence-corrected chi connectivity index (χ3v) is 5.34. The Bertz CT molecular complexity index is 1190. The third-order valence-electron chi connectivity index (χ3n) is 5.34. The Morgan fingerprint density at radius 3 is 2.42 bits per heavy atom. The predicted molar refractivity (Wildman–Crippen MR) is 129 cm³/mol. The summed E-state index contributed by atoms with van der Waals surface area (Å²) in [5.41, 5.74) is 3.95. The van der Waals surface area contributed by atoms with E-state index in [-0.39, 0.29) is 11.9 Å². The van der Waals surface area contributed by atoms with Crippen molar-refractivity contribution in [3.05, 3.63) is 96.2 Å². The van der Waals surface area contributed by atoms with Crippen LogP contribution in [0.25, 0.3) is 11.3 Å². The Morgan fingerprint density at radius 1 is 0.939 bits per heavy atom. The topological polar surface area (TPSA) is 88.3 Å². The van der Waals surface area contributed by atoms with Crippen molar-refractivity contribution in [2.24, 2.45) is 0 Å². The normalized spacial score (nSPS) is 11.5. The first-order chi connectivity index (χ1) is 16.2. The van der Waals surface area contributed by atoms with Crippen LogP contribution in [0, 0.1) is 0 Å². The molecule has 1 unspecified atom stereocenters. The lowest BCUT2D eigenvalue weighted by molar-refractivity contribution is 0.0952. The van der Waals surface area contributed by atoms with Gasteiger partial charge in [0.05, 0.1) is 37.7 Å². The highest BCUT2D eigenvalue weighted by molar-refractivity contribution is 5.99. The molecule has 1 amide bonds. The second-order valence-electron chi connectivity index (χ2n) is 7.44. The van der Waals surface area contributed by atoms with Crippen LogP contribution in [0.15, 0.2) is 85.1 Å². The number of anilines is 1. The number of hydrogen-bond acceptors (Lipinski definition) is 5. The molecule has 3 N–H and O–H groups in total. The van der Waals surface area contributed by atoms with Gasteiger partial charge in [0.1, 0.15) is 11.5 Å². The zero-order chi connectivity index (χ0) is 23.0. The second kappa shape index (κ2) is 10.4. The van der Waals surface area contributed by atoms with E-state index in [9.17, 15) is 4.79 Å². The van der Waals surface area contributed by atoms with Gasteiger partial charge in [-0.25, -0.2) is 0 Å². The number of carbonyl (C=O) groups excluding carboxylic acids is 1. The van der Waals surface area contributed by atoms with Gasteiger partial charge in [-0.05, 0) is 42.0 Å². The average Bonchev–Trinajstić information content (AvgIpc) is 3.37. The highest BCUT2D eigenvalue weighted by Crippen LogP contribution is 2.25. The number of aromatic nitrogens is 2. The molecule has 7 nitrogen and oxygen atoms in total. The number of benzene rings is 3. The molecular formula is C26H26N4O3. The van der Waals surface area contributed by atoms with Gasteiger partial charge in [0.25, 0.3) is 5.91 Å². The van der Waals surface area contributed by atoms with Crippen LogP contribution >= 0.6 is 0 Å².